The van der Waals surface area contributed by atoms with Gasteiger partial charge in [0.15, 0.2) is 0 Å². The Balaban J connectivity index is 1.74. The van der Waals surface area contributed by atoms with Crippen molar-refractivity contribution in [1.82, 2.24) is 5.32 Å². The lowest BCUT2D eigenvalue weighted by Gasteiger charge is -2.37. The van der Waals surface area contributed by atoms with Gasteiger partial charge < -0.3 is 10.4 Å². The molecule has 0 aliphatic heterocycles. The highest BCUT2D eigenvalue weighted by Gasteiger charge is 2.35. The van der Waals surface area contributed by atoms with E-state index in [1.54, 1.807) is 0 Å². The molecule has 0 saturated heterocycles. The van der Waals surface area contributed by atoms with Crippen molar-refractivity contribution in [3.63, 3.8) is 0 Å². The molecule has 1 atom stereocenters. The number of aliphatic hydroxyl groups is 1. The smallest absolute Gasteiger partial charge is 0.223 e. The van der Waals surface area contributed by atoms with E-state index < -0.39 is 5.60 Å². The molecular formula is C12H19NO2. The molecule has 0 aromatic rings. The van der Waals surface area contributed by atoms with Gasteiger partial charge in [0, 0.05) is 12.5 Å². The van der Waals surface area contributed by atoms with Gasteiger partial charge in [-0.15, -0.1) is 0 Å². The third kappa shape index (κ3) is 2.59. The lowest BCUT2D eigenvalue weighted by Crippen LogP contribution is -2.49. The average molecular weight is 209 g/mol. The third-order valence-corrected chi connectivity index (χ3v) is 3.52. The van der Waals surface area contributed by atoms with E-state index >= 15 is 0 Å². The first kappa shape index (κ1) is 10.7. The molecule has 2 aliphatic carbocycles. The highest BCUT2D eigenvalue weighted by Crippen LogP contribution is 2.30. The van der Waals surface area contributed by atoms with E-state index in [0.29, 0.717) is 6.54 Å². The minimum atomic E-state index is -0.597. The molecule has 2 N–H and O–H groups in total. The predicted molar refractivity (Wildman–Crippen MR) is 58.3 cm³/mol. The minimum absolute atomic E-state index is 0.111. The largest absolute Gasteiger partial charge is 0.388 e. The van der Waals surface area contributed by atoms with Crippen LogP contribution in [-0.4, -0.2) is 23.2 Å². The topological polar surface area (TPSA) is 49.3 Å². The summed E-state index contributed by atoms with van der Waals surface area (Å²) in [5, 5.41) is 12.7. The molecule has 0 aromatic heterocycles. The number of amides is 1. The number of carbonyl (C=O) groups excluding carboxylic acids is 1. The van der Waals surface area contributed by atoms with Crippen LogP contribution in [0.3, 0.4) is 0 Å². The summed E-state index contributed by atoms with van der Waals surface area (Å²) in [7, 11) is 0. The van der Waals surface area contributed by atoms with Gasteiger partial charge in [0.2, 0.25) is 5.91 Å². The van der Waals surface area contributed by atoms with E-state index in [0.717, 1.165) is 38.5 Å². The maximum absolute atomic E-state index is 11.7. The zero-order valence-corrected chi connectivity index (χ0v) is 9.04. The molecule has 3 heteroatoms. The monoisotopic (exact) mass is 209 g/mol. The quantitative estimate of drug-likeness (QED) is 0.690. The number of allylic oxidation sites excluding steroid dienone is 2. The van der Waals surface area contributed by atoms with Gasteiger partial charge in [-0.1, -0.05) is 12.2 Å². The number of nitrogens with one attached hydrogen (secondary N) is 1. The van der Waals surface area contributed by atoms with Crippen LogP contribution in [0.4, 0.5) is 0 Å². The Labute approximate surface area is 90.6 Å². The summed E-state index contributed by atoms with van der Waals surface area (Å²) in [5.41, 5.74) is -0.597. The molecule has 0 bridgehead atoms. The summed E-state index contributed by atoms with van der Waals surface area (Å²) in [5.74, 6) is 0.235. The molecule has 0 heterocycles. The molecule has 0 spiro atoms. The molecule has 0 aromatic carbocycles. The van der Waals surface area contributed by atoms with E-state index in [1.807, 2.05) is 0 Å². The maximum atomic E-state index is 11.7. The summed E-state index contributed by atoms with van der Waals surface area (Å²) >= 11 is 0. The van der Waals surface area contributed by atoms with Crippen molar-refractivity contribution in [1.29, 1.82) is 0 Å². The highest BCUT2D eigenvalue weighted by molar-refractivity contribution is 5.79. The Bertz CT molecular complexity index is 269. The first-order valence-corrected chi connectivity index (χ1v) is 5.85. The van der Waals surface area contributed by atoms with Gasteiger partial charge in [-0.3, -0.25) is 4.79 Å². The third-order valence-electron chi connectivity index (χ3n) is 3.52. The van der Waals surface area contributed by atoms with Gasteiger partial charge >= 0.3 is 0 Å². The van der Waals surface area contributed by atoms with Crippen molar-refractivity contribution >= 4 is 5.91 Å². The van der Waals surface area contributed by atoms with Gasteiger partial charge in [0.1, 0.15) is 0 Å². The Morgan fingerprint density at radius 1 is 1.47 bits per heavy atom. The van der Waals surface area contributed by atoms with Crippen molar-refractivity contribution in [2.75, 3.05) is 6.54 Å². The molecular weight excluding hydrogens is 190 g/mol. The van der Waals surface area contributed by atoms with Crippen LogP contribution in [0.15, 0.2) is 12.2 Å². The van der Waals surface area contributed by atoms with Gasteiger partial charge in [-0.25, -0.2) is 0 Å². The van der Waals surface area contributed by atoms with Gasteiger partial charge in [0.25, 0.3) is 0 Å². The number of carbonyl (C=O) groups is 1. The molecule has 3 nitrogen and oxygen atoms in total. The molecule has 84 valence electrons. The van der Waals surface area contributed by atoms with Gasteiger partial charge in [0.05, 0.1) is 5.60 Å². The number of hydrogen-bond donors (Lipinski definition) is 2. The van der Waals surface area contributed by atoms with Crippen molar-refractivity contribution in [3.05, 3.63) is 12.2 Å². The molecule has 0 radical (unpaired) electrons. The first-order valence-electron chi connectivity index (χ1n) is 5.85. The standard InChI is InChI=1S/C12H19NO2/c14-11(10-5-2-1-3-6-10)13-9-12(15)7-4-8-12/h1-2,10,15H,3-9H2,(H,13,14). The van der Waals surface area contributed by atoms with Crippen LogP contribution in [0.25, 0.3) is 0 Å². The fraction of sp³-hybridized carbons (Fsp3) is 0.750. The predicted octanol–water partition coefficient (Wildman–Crippen LogP) is 1.37. The van der Waals surface area contributed by atoms with E-state index in [2.05, 4.69) is 17.5 Å². The molecule has 1 amide bonds. The van der Waals surface area contributed by atoms with Gasteiger partial charge in [-0.05, 0) is 38.5 Å². The lowest BCUT2D eigenvalue weighted by atomic mass is 9.80. The molecule has 15 heavy (non-hydrogen) atoms. The Morgan fingerprint density at radius 2 is 2.27 bits per heavy atom. The average Bonchev–Trinajstić information content (AvgIpc) is 2.24. The Kier molecular flexibility index (Phi) is 3.10. The van der Waals surface area contributed by atoms with Crippen molar-refractivity contribution < 1.29 is 9.90 Å². The second kappa shape index (κ2) is 4.35. The summed E-state index contributed by atoms with van der Waals surface area (Å²) in [6, 6.07) is 0. The second-order valence-corrected chi connectivity index (χ2v) is 4.78. The van der Waals surface area contributed by atoms with Gasteiger partial charge in [-0.2, -0.15) is 0 Å². The zero-order chi connectivity index (χ0) is 10.7. The van der Waals surface area contributed by atoms with Crippen LogP contribution in [0.5, 0.6) is 0 Å². The van der Waals surface area contributed by atoms with Crippen LogP contribution in [-0.2, 0) is 4.79 Å². The lowest BCUT2D eigenvalue weighted by molar-refractivity contribution is -0.127. The normalized spacial score (nSPS) is 28.2. The highest BCUT2D eigenvalue weighted by atomic mass is 16.3. The summed E-state index contributed by atoms with van der Waals surface area (Å²) in [4.78, 5) is 11.7. The summed E-state index contributed by atoms with van der Waals surface area (Å²) in [6.07, 6.45) is 9.75. The van der Waals surface area contributed by atoms with Crippen molar-refractivity contribution in [2.24, 2.45) is 5.92 Å². The molecule has 1 unspecified atom stereocenters. The van der Waals surface area contributed by atoms with Crippen molar-refractivity contribution in [3.8, 4) is 0 Å². The van der Waals surface area contributed by atoms with Crippen LogP contribution >= 0.6 is 0 Å². The maximum Gasteiger partial charge on any atom is 0.223 e. The molecule has 1 fully saturated rings. The molecule has 2 rings (SSSR count). The summed E-state index contributed by atoms with van der Waals surface area (Å²) < 4.78 is 0. The Hall–Kier alpha value is -0.830. The molecule has 1 saturated carbocycles. The fourth-order valence-corrected chi connectivity index (χ4v) is 2.19. The SMILES string of the molecule is O=C(NCC1(O)CCC1)C1CC=CCC1. The van der Waals surface area contributed by atoms with E-state index in [9.17, 15) is 9.90 Å². The van der Waals surface area contributed by atoms with Crippen molar-refractivity contribution in [2.45, 2.75) is 44.1 Å². The van der Waals surface area contributed by atoms with Crippen LogP contribution in [0.1, 0.15) is 38.5 Å². The van der Waals surface area contributed by atoms with E-state index in [4.69, 9.17) is 0 Å². The van der Waals surface area contributed by atoms with Crippen LogP contribution < -0.4 is 5.32 Å². The minimum Gasteiger partial charge on any atom is -0.388 e. The van der Waals surface area contributed by atoms with E-state index in [-0.39, 0.29) is 11.8 Å². The van der Waals surface area contributed by atoms with Crippen LogP contribution in [0.2, 0.25) is 0 Å². The second-order valence-electron chi connectivity index (χ2n) is 4.78. The molecule has 2 aliphatic rings. The summed E-state index contributed by atoms with van der Waals surface area (Å²) in [6.45, 7) is 0.437. The fourth-order valence-electron chi connectivity index (χ4n) is 2.19. The zero-order valence-electron chi connectivity index (χ0n) is 9.04. The first-order chi connectivity index (χ1) is 7.20. The number of hydrogen-bond acceptors (Lipinski definition) is 2. The van der Waals surface area contributed by atoms with E-state index in [1.165, 1.54) is 0 Å². The van der Waals surface area contributed by atoms with Crippen LogP contribution in [0, 0.1) is 5.92 Å². The Morgan fingerprint density at radius 3 is 2.80 bits per heavy atom. The number of rotatable bonds is 3.